The maximum absolute atomic E-state index is 5.64. The van der Waals surface area contributed by atoms with Crippen molar-refractivity contribution in [1.82, 2.24) is 10.2 Å². The zero-order chi connectivity index (χ0) is 11.5. The number of rotatable bonds is 4. The van der Waals surface area contributed by atoms with Gasteiger partial charge in [0.2, 0.25) is 0 Å². The Bertz CT molecular complexity index is 256. The van der Waals surface area contributed by atoms with Gasteiger partial charge in [-0.2, -0.15) is 0 Å². The van der Waals surface area contributed by atoms with Crippen molar-refractivity contribution in [1.29, 1.82) is 0 Å². The van der Waals surface area contributed by atoms with E-state index in [-0.39, 0.29) is 0 Å². The van der Waals surface area contributed by atoms with E-state index in [1.807, 2.05) is 0 Å². The number of hydrogen-bond acceptors (Lipinski definition) is 2. The lowest BCUT2D eigenvalue weighted by molar-refractivity contribution is 0.122. The molecule has 2 heterocycles. The average molecular weight is 220 g/mol. The molecule has 16 heavy (non-hydrogen) atoms. The predicted molar refractivity (Wildman–Crippen MR) is 68.3 cm³/mol. The van der Waals surface area contributed by atoms with Crippen molar-refractivity contribution in [3.05, 3.63) is 0 Å². The fraction of sp³-hybridized carbons (Fsp3) is 0.857. The Morgan fingerprint density at radius 3 is 2.38 bits per heavy atom. The summed E-state index contributed by atoms with van der Waals surface area (Å²) in [6.07, 6.45) is 12.0. The summed E-state index contributed by atoms with van der Waals surface area (Å²) in [5.74, 6) is 2.96. The molecule has 2 saturated heterocycles. The quantitative estimate of drug-likeness (QED) is 0.729. The minimum atomic E-state index is 0.340. The number of nitrogens with one attached hydrogen (secondary N) is 1. The van der Waals surface area contributed by atoms with Gasteiger partial charge >= 0.3 is 0 Å². The van der Waals surface area contributed by atoms with Gasteiger partial charge in [0.05, 0.1) is 6.04 Å². The lowest BCUT2D eigenvalue weighted by atomic mass is 9.96. The molecule has 0 aromatic heterocycles. The van der Waals surface area contributed by atoms with Crippen LogP contribution >= 0.6 is 0 Å². The normalized spacial score (nSPS) is 35.0. The van der Waals surface area contributed by atoms with Crippen LogP contribution in [0, 0.1) is 12.3 Å². The Balaban J connectivity index is 2.02. The second kappa shape index (κ2) is 5.21. The minimum Gasteiger partial charge on any atom is -0.311 e. The van der Waals surface area contributed by atoms with E-state index in [0.29, 0.717) is 12.1 Å². The zero-order valence-electron chi connectivity index (χ0n) is 10.6. The first-order valence-electron chi connectivity index (χ1n) is 6.76. The Labute approximate surface area is 99.8 Å². The van der Waals surface area contributed by atoms with Gasteiger partial charge in [-0.1, -0.05) is 19.8 Å². The summed E-state index contributed by atoms with van der Waals surface area (Å²) in [5, 5.41) is 3.70. The van der Waals surface area contributed by atoms with Crippen molar-refractivity contribution in [3.63, 3.8) is 0 Å². The highest BCUT2D eigenvalue weighted by Gasteiger charge is 2.36. The van der Waals surface area contributed by atoms with Crippen LogP contribution in [0.2, 0.25) is 0 Å². The maximum atomic E-state index is 5.64. The molecule has 1 N–H and O–H groups in total. The Hall–Kier alpha value is -0.520. The molecule has 0 radical (unpaired) electrons. The largest absolute Gasteiger partial charge is 0.311 e. The van der Waals surface area contributed by atoms with Gasteiger partial charge in [0.25, 0.3) is 0 Å². The van der Waals surface area contributed by atoms with E-state index in [1.54, 1.807) is 0 Å². The number of piperidine rings is 1. The summed E-state index contributed by atoms with van der Waals surface area (Å²) in [5.41, 5.74) is 0. The van der Waals surface area contributed by atoms with Gasteiger partial charge in [0.15, 0.2) is 0 Å². The van der Waals surface area contributed by atoms with Crippen LogP contribution in [0.5, 0.6) is 0 Å². The summed E-state index contributed by atoms with van der Waals surface area (Å²) in [6, 6.07) is 2.57. The van der Waals surface area contributed by atoms with Crippen molar-refractivity contribution < 1.29 is 0 Å². The van der Waals surface area contributed by atoms with E-state index >= 15 is 0 Å². The van der Waals surface area contributed by atoms with E-state index in [9.17, 15) is 0 Å². The van der Waals surface area contributed by atoms with E-state index in [1.165, 1.54) is 25.7 Å². The lowest BCUT2D eigenvalue weighted by Crippen LogP contribution is -2.51. The van der Waals surface area contributed by atoms with Crippen molar-refractivity contribution in [2.45, 2.75) is 70.1 Å². The van der Waals surface area contributed by atoms with Crippen LogP contribution in [0.3, 0.4) is 0 Å². The fourth-order valence-electron chi connectivity index (χ4n) is 3.48. The Kier molecular flexibility index (Phi) is 3.89. The fourth-order valence-corrected chi connectivity index (χ4v) is 3.48. The first kappa shape index (κ1) is 12.0. The van der Waals surface area contributed by atoms with Crippen LogP contribution < -0.4 is 5.32 Å². The van der Waals surface area contributed by atoms with E-state index in [4.69, 9.17) is 6.42 Å². The highest BCUT2D eigenvalue weighted by Crippen LogP contribution is 2.30. The molecule has 3 atom stereocenters. The Morgan fingerprint density at radius 2 is 1.94 bits per heavy atom. The van der Waals surface area contributed by atoms with Gasteiger partial charge < -0.3 is 5.32 Å². The second-order valence-electron chi connectivity index (χ2n) is 5.18. The molecule has 2 aliphatic heterocycles. The number of hydrogen-bond donors (Lipinski definition) is 1. The highest BCUT2D eigenvalue weighted by molar-refractivity contribution is 5.03. The van der Waals surface area contributed by atoms with Crippen LogP contribution in [-0.2, 0) is 0 Å². The SMILES string of the molecule is C#CC(CC)N(CC)C1CC2CCC(C1)N2. The molecule has 0 saturated carbocycles. The summed E-state index contributed by atoms with van der Waals surface area (Å²) >= 11 is 0. The zero-order valence-corrected chi connectivity index (χ0v) is 10.6. The molecular formula is C14H24N2. The van der Waals surface area contributed by atoms with E-state index < -0.39 is 0 Å². The number of terminal acetylenes is 1. The third-order valence-electron chi connectivity index (χ3n) is 4.26. The van der Waals surface area contributed by atoms with Gasteiger partial charge in [-0.15, -0.1) is 6.42 Å². The van der Waals surface area contributed by atoms with Crippen LogP contribution in [0.4, 0.5) is 0 Å². The number of fused-ring (bicyclic) bond motifs is 2. The van der Waals surface area contributed by atoms with Crippen LogP contribution in [0.1, 0.15) is 46.0 Å². The molecule has 0 spiro atoms. The third kappa shape index (κ3) is 2.26. The van der Waals surface area contributed by atoms with Gasteiger partial charge in [0.1, 0.15) is 0 Å². The maximum Gasteiger partial charge on any atom is 0.0711 e. The molecule has 2 rings (SSSR count). The van der Waals surface area contributed by atoms with Crippen LogP contribution in [0.25, 0.3) is 0 Å². The lowest BCUT2D eigenvalue weighted by Gasteiger charge is -2.39. The van der Waals surface area contributed by atoms with E-state index in [0.717, 1.165) is 25.0 Å². The van der Waals surface area contributed by atoms with Gasteiger partial charge in [0, 0.05) is 18.1 Å². The average Bonchev–Trinajstić information content (AvgIpc) is 2.65. The first-order chi connectivity index (χ1) is 7.78. The molecular weight excluding hydrogens is 196 g/mol. The van der Waals surface area contributed by atoms with Crippen LogP contribution in [0.15, 0.2) is 0 Å². The van der Waals surface area contributed by atoms with Gasteiger partial charge in [-0.25, -0.2) is 0 Å². The summed E-state index contributed by atoms with van der Waals surface area (Å²) in [7, 11) is 0. The summed E-state index contributed by atoms with van der Waals surface area (Å²) in [4.78, 5) is 2.55. The minimum absolute atomic E-state index is 0.340. The highest BCUT2D eigenvalue weighted by atomic mass is 15.2. The molecule has 0 amide bonds. The topological polar surface area (TPSA) is 15.3 Å². The Morgan fingerprint density at radius 1 is 1.31 bits per heavy atom. The van der Waals surface area contributed by atoms with Crippen molar-refractivity contribution in [2.75, 3.05) is 6.54 Å². The molecule has 2 aliphatic rings. The van der Waals surface area contributed by atoms with Crippen LogP contribution in [-0.4, -0.2) is 35.6 Å². The molecule has 3 unspecified atom stereocenters. The number of nitrogens with zero attached hydrogens (tertiary/aromatic N) is 1. The summed E-state index contributed by atoms with van der Waals surface area (Å²) in [6.45, 7) is 5.53. The third-order valence-corrected chi connectivity index (χ3v) is 4.26. The molecule has 90 valence electrons. The molecule has 0 aromatic rings. The van der Waals surface area contributed by atoms with Crippen molar-refractivity contribution in [2.24, 2.45) is 0 Å². The molecule has 2 bridgehead atoms. The van der Waals surface area contributed by atoms with Crippen molar-refractivity contribution >= 4 is 0 Å². The molecule has 2 fully saturated rings. The van der Waals surface area contributed by atoms with Gasteiger partial charge in [-0.05, 0) is 38.6 Å². The van der Waals surface area contributed by atoms with E-state index in [2.05, 4.69) is 30.0 Å². The summed E-state index contributed by atoms with van der Waals surface area (Å²) < 4.78 is 0. The second-order valence-corrected chi connectivity index (χ2v) is 5.18. The molecule has 2 nitrogen and oxygen atoms in total. The molecule has 0 aromatic carbocycles. The first-order valence-corrected chi connectivity index (χ1v) is 6.76. The standard InChI is InChI=1S/C14H24N2/c1-4-13(5-2)16(6-3)14-9-11-7-8-12(10-14)15-11/h1,11-15H,5-10H2,2-3H3. The monoisotopic (exact) mass is 220 g/mol. The predicted octanol–water partition coefficient (Wildman–Crippen LogP) is 2.00. The van der Waals surface area contributed by atoms with Gasteiger partial charge in [-0.3, -0.25) is 4.90 Å². The van der Waals surface area contributed by atoms with Crippen molar-refractivity contribution in [3.8, 4) is 12.3 Å². The smallest absolute Gasteiger partial charge is 0.0711 e. The molecule has 0 aliphatic carbocycles. The molecule has 2 heteroatoms.